The number of hydrogen-bond donors (Lipinski definition) is 1. The molecule has 0 aliphatic rings. The molecule has 108 valence electrons. The van der Waals surface area contributed by atoms with Gasteiger partial charge >= 0.3 is 12.4 Å². The highest BCUT2D eigenvalue weighted by atomic mass is 32.2. The van der Waals surface area contributed by atoms with Gasteiger partial charge in [-0.3, -0.25) is 0 Å². The molecule has 0 unspecified atom stereocenters. The molecule has 0 aliphatic carbocycles. The van der Waals surface area contributed by atoms with E-state index in [1.54, 1.807) is 0 Å². The molecule has 0 radical (unpaired) electrons. The Bertz CT molecular complexity index is 602. The number of primary sulfonamides is 1. The Labute approximate surface area is 104 Å². The summed E-state index contributed by atoms with van der Waals surface area (Å²) in [5.41, 5.74) is -4.89. The zero-order valence-corrected chi connectivity index (χ0v) is 10.0. The second-order valence-corrected chi connectivity index (χ2v) is 5.17. The number of nitrogens with two attached hydrogens (primary N) is 1. The molecule has 1 aromatic rings. The van der Waals surface area contributed by atoms with Gasteiger partial charge in [-0.1, -0.05) is 6.07 Å². The average molecular weight is 307 g/mol. The number of aryl methyl sites for hydroxylation is 1. The van der Waals surface area contributed by atoms with E-state index in [9.17, 15) is 34.8 Å². The Morgan fingerprint density at radius 1 is 1.00 bits per heavy atom. The second kappa shape index (κ2) is 4.37. The molecule has 2 N–H and O–H groups in total. The van der Waals surface area contributed by atoms with Gasteiger partial charge in [0, 0.05) is 0 Å². The smallest absolute Gasteiger partial charge is 0.225 e. The van der Waals surface area contributed by atoms with Crippen LogP contribution in [0.15, 0.2) is 17.0 Å². The predicted octanol–water partition coefficient (Wildman–Crippen LogP) is 2.68. The fraction of sp³-hybridized carbons (Fsp3) is 0.333. The lowest BCUT2D eigenvalue weighted by Crippen LogP contribution is -2.25. The summed E-state index contributed by atoms with van der Waals surface area (Å²) >= 11 is 0. The van der Waals surface area contributed by atoms with Gasteiger partial charge in [-0.2, -0.15) is 26.3 Å². The van der Waals surface area contributed by atoms with Crippen molar-refractivity contribution in [1.82, 2.24) is 0 Å². The third kappa shape index (κ3) is 3.18. The second-order valence-electron chi connectivity index (χ2n) is 3.67. The zero-order chi connectivity index (χ0) is 15.2. The van der Waals surface area contributed by atoms with Gasteiger partial charge in [0.05, 0.1) is 16.0 Å². The number of alkyl halides is 6. The van der Waals surface area contributed by atoms with Gasteiger partial charge in [0.1, 0.15) is 0 Å². The van der Waals surface area contributed by atoms with Crippen molar-refractivity contribution in [3.63, 3.8) is 0 Å². The first-order chi connectivity index (χ1) is 8.26. The molecule has 0 heterocycles. The van der Waals surface area contributed by atoms with Crippen LogP contribution >= 0.6 is 0 Å². The maximum Gasteiger partial charge on any atom is 0.418 e. The van der Waals surface area contributed by atoms with Crippen molar-refractivity contribution in [3.8, 4) is 0 Å². The van der Waals surface area contributed by atoms with Gasteiger partial charge in [0.15, 0.2) is 0 Å². The fourth-order valence-corrected chi connectivity index (χ4v) is 2.60. The molecular weight excluding hydrogens is 300 g/mol. The minimum Gasteiger partial charge on any atom is -0.225 e. The summed E-state index contributed by atoms with van der Waals surface area (Å²) in [6.45, 7) is 0.926. The summed E-state index contributed by atoms with van der Waals surface area (Å²) in [6.07, 6.45) is -10.9. The van der Waals surface area contributed by atoms with Crippen molar-refractivity contribution in [1.29, 1.82) is 0 Å². The van der Waals surface area contributed by atoms with Crippen LogP contribution in [0.25, 0.3) is 0 Å². The van der Waals surface area contributed by atoms with E-state index < -0.39 is 44.0 Å². The monoisotopic (exact) mass is 307 g/mol. The largest absolute Gasteiger partial charge is 0.418 e. The molecule has 0 bridgehead atoms. The molecule has 0 amide bonds. The van der Waals surface area contributed by atoms with Crippen LogP contribution in [0, 0.1) is 6.92 Å². The molecule has 0 saturated carbocycles. The van der Waals surface area contributed by atoms with Gasteiger partial charge in [0.25, 0.3) is 0 Å². The van der Waals surface area contributed by atoms with E-state index in [4.69, 9.17) is 0 Å². The van der Waals surface area contributed by atoms with E-state index in [0.717, 1.165) is 6.92 Å². The third-order valence-corrected chi connectivity index (χ3v) is 3.32. The van der Waals surface area contributed by atoms with Crippen molar-refractivity contribution < 1.29 is 34.8 Å². The average Bonchev–Trinajstić information content (AvgIpc) is 2.11. The van der Waals surface area contributed by atoms with Crippen molar-refractivity contribution in [2.75, 3.05) is 0 Å². The Morgan fingerprint density at radius 2 is 1.47 bits per heavy atom. The number of sulfonamides is 1. The normalized spacial score (nSPS) is 13.7. The summed E-state index contributed by atoms with van der Waals surface area (Å²) in [5.74, 6) is 0. The zero-order valence-electron chi connectivity index (χ0n) is 9.22. The lowest BCUT2D eigenvalue weighted by molar-refractivity contribution is -0.163. The molecule has 10 heteroatoms. The Hall–Kier alpha value is -1.29. The predicted molar refractivity (Wildman–Crippen MR) is 52.6 cm³/mol. The van der Waals surface area contributed by atoms with Gasteiger partial charge in [-0.15, -0.1) is 0 Å². The first kappa shape index (κ1) is 15.8. The topological polar surface area (TPSA) is 60.2 Å². The van der Waals surface area contributed by atoms with E-state index in [2.05, 4.69) is 5.14 Å². The highest BCUT2D eigenvalue weighted by Gasteiger charge is 2.47. The fourth-order valence-electron chi connectivity index (χ4n) is 1.57. The Kier molecular flexibility index (Phi) is 3.63. The molecule has 0 fully saturated rings. The lowest BCUT2D eigenvalue weighted by atomic mass is 10.0. The lowest BCUT2D eigenvalue weighted by Gasteiger charge is -2.19. The molecule has 1 rings (SSSR count). The van der Waals surface area contributed by atoms with Gasteiger partial charge < -0.3 is 0 Å². The van der Waals surface area contributed by atoms with Gasteiger partial charge in [-0.25, -0.2) is 13.6 Å². The highest BCUT2D eigenvalue weighted by molar-refractivity contribution is 7.89. The Balaban J connectivity index is 3.94. The number of rotatable bonds is 1. The van der Waals surface area contributed by atoms with Gasteiger partial charge in [-0.05, 0) is 18.6 Å². The van der Waals surface area contributed by atoms with Crippen LogP contribution in [0.4, 0.5) is 26.3 Å². The van der Waals surface area contributed by atoms with E-state index >= 15 is 0 Å². The maximum atomic E-state index is 12.7. The number of hydrogen-bond acceptors (Lipinski definition) is 2. The van der Waals surface area contributed by atoms with Crippen molar-refractivity contribution in [2.45, 2.75) is 24.2 Å². The molecule has 3 nitrogen and oxygen atoms in total. The summed E-state index contributed by atoms with van der Waals surface area (Å²) in [6, 6.07) is 0.796. The molecule has 19 heavy (non-hydrogen) atoms. The molecule has 1 aromatic carbocycles. The molecule has 0 saturated heterocycles. The van der Waals surface area contributed by atoms with Crippen molar-refractivity contribution in [3.05, 3.63) is 28.8 Å². The minimum atomic E-state index is -5.50. The van der Waals surface area contributed by atoms with Crippen LogP contribution in [0.2, 0.25) is 0 Å². The summed E-state index contributed by atoms with van der Waals surface area (Å²) < 4.78 is 98.0. The first-order valence-corrected chi connectivity index (χ1v) is 6.11. The van der Waals surface area contributed by atoms with Crippen LogP contribution < -0.4 is 5.14 Å². The molecule has 0 atom stereocenters. The minimum absolute atomic E-state index is 0.173. The quantitative estimate of drug-likeness (QED) is 0.811. The van der Waals surface area contributed by atoms with Gasteiger partial charge in [0.2, 0.25) is 10.0 Å². The van der Waals surface area contributed by atoms with Crippen LogP contribution in [0.5, 0.6) is 0 Å². The van der Waals surface area contributed by atoms with Crippen molar-refractivity contribution in [2.24, 2.45) is 5.14 Å². The van der Waals surface area contributed by atoms with Crippen LogP contribution in [-0.2, 0) is 22.4 Å². The number of halogens is 6. The Morgan fingerprint density at radius 3 is 1.79 bits per heavy atom. The summed E-state index contributed by atoms with van der Waals surface area (Å²) in [4.78, 5) is -1.56. The third-order valence-electron chi connectivity index (χ3n) is 2.23. The highest BCUT2D eigenvalue weighted by Crippen LogP contribution is 2.44. The van der Waals surface area contributed by atoms with Crippen LogP contribution in [0.3, 0.4) is 0 Å². The summed E-state index contributed by atoms with van der Waals surface area (Å²) in [5, 5.41) is 4.57. The van der Waals surface area contributed by atoms with E-state index in [-0.39, 0.29) is 6.07 Å². The maximum absolute atomic E-state index is 12.7. The number of benzene rings is 1. The van der Waals surface area contributed by atoms with Crippen LogP contribution in [-0.4, -0.2) is 8.42 Å². The molecule has 0 aromatic heterocycles. The van der Waals surface area contributed by atoms with Crippen LogP contribution in [0.1, 0.15) is 16.7 Å². The SMILES string of the molecule is Cc1ccc(C(F)(F)F)c(C(F)(F)F)c1S(N)(=O)=O. The van der Waals surface area contributed by atoms with E-state index in [1.165, 1.54) is 0 Å². The molecule has 0 aliphatic heterocycles. The van der Waals surface area contributed by atoms with E-state index in [0.29, 0.717) is 6.07 Å². The van der Waals surface area contributed by atoms with Crippen molar-refractivity contribution >= 4 is 10.0 Å². The first-order valence-electron chi connectivity index (χ1n) is 4.57. The van der Waals surface area contributed by atoms with E-state index in [1.807, 2.05) is 0 Å². The molecular formula is C9H7F6NO2S. The molecule has 0 spiro atoms. The standard InChI is InChI=1S/C9H7F6NO2S/c1-4-2-3-5(8(10,11)12)6(9(13,14)15)7(4)19(16,17)18/h2-3H,1H3,(H2,16,17,18). The summed E-state index contributed by atoms with van der Waals surface area (Å²) in [7, 11) is -4.95.